The van der Waals surface area contributed by atoms with Gasteiger partial charge in [-0.2, -0.15) is 0 Å². The Hall–Kier alpha value is -2.74. The standard InChI is InChI=1S/C23H33N3O5/c1-5-26-17(15-25-13-8-7-9-14-25)19(22(27)31-6-2)20(24-23(26)28)16-11-10-12-18(29-3)21(16)30-4/h10-12,20H,5-9,13-15H2,1-4H3,(H,24,28)/t20-/m1/s1. The molecule has 1 N–H and O–H groups in total. The average Bonchev–Trinajstić information content (AvgIpc) is 2.79. The van der Waals surface area contributed by atoms with Gasteiger partial charge < -0.3 is 19.5 Å². The van der Waals surface area contributed by atoms with E-state index in [1.807, 2.05) is 19.1 Å². The zero-order valence-corrected chi connectivity index (χ0v) is 18.9. The second-order valence-electron chi connectivity index (χ2n) is 7.63. The molecule has 3 rings (SSSR count). The molecule has 0 aromatic heterocycles. The summed E-state index contributed by atoms with van der Waals surface area (Å²) in [6.45, 7) is 6.82. The number of amides is 2. The number of benzene rings is 1. The van der Waals surface area contributed by atoms with E-state index in [9.17, 15) is 9.59 Å². The molecule has 1 fully saturated rings. The zero-order chi connectivity index (χ0) is 22.4. The van der Waals surface area contributed by atoms with Gasteiger partial charge in [-0.1, -0.05) is 18.6 Å². The molecule has 0 spiro atoms. The molecular weight excluding hydrogens is 398 g/mol. The van der Waals surface area contributed by atoms with Gasteiger partial charge in [-0.05, 0) is 45.8 Å². The highest BCUT2D eigenvalue weighted by molar-refractivity contribution is 5.95. The molecule has 2 aliphatic heterocycles. The molecule has 0 bridgehead atoms. The molecule has 2 amide bonds. The first-order valence-corrected chi connectivity index (χ1v) is 11.0. The Morgan fingerprint density at radius 1 is 1.13 bits per heavy atom. The normalized spacial score (nSPS) is 19.8. The number of likely N-dealkylation sites (tertiary alicyclic amines) is 1. The van der Waals surface area contributed by atoms with Gasteiger partial charge in [-0.15, -0.1) is 0 Å². The smallest absolute Gasteiger partial charge is 0.338 e. The molecule has 0 radical (unpaired) electrons. The van der Waals surface area contributed by atoms with Gasteiger partial charge in [0, 0.05) is 24.4 Å². The van der Waals surface area contributed by atoms with Gasteiger partial charge in [0.15, 0.2) is 11.5 Å². The number of likely N-dealkylation sites (N-methyl/N-ethyl adjacent to an activating group) is 1. The van der Waals surface area contributed by atoms with Crippen molar-refractivity contribution in [1.82, 2.24) is 15.1 Å². The molecule has 2 heterocycles. The lowest BCUT2D eigenvalue weighted by molar-refractivity contribution is -0.139. The lowest BCUT2D eigenvalue weighted by Crippen LogP contribution is -2.51. The van der Waals surface area contributed by atoms with E-state index in [0.29, 0.717) is 41.4 Å². The maximum atomic E-state index is 13.2. The van der Waals surface area contributed by atoms with E-state index in [4.69, 9.17) is 14.2 Å². The summed E-state index contributed by atoms with van der Waals surface area (Å²) in [5, 5.41) is 2.99. The van der Waals surface area contributed by atoms with Gasteiger partial charge in [0.25, 0.3) is 0 Å². The van der Waals surface area contributed by atoms with E-state index < -0.39 is 12.0 Å². The van der Waals surface area contributed by atoms with Crippen molar-refractivity contribution >= 4 is 12.0 Å². The fraction of sp³-hybridized carbons (Fsp3) is 0.565. The molecule has 31 heavy (non-hydrogen) atoms. The van der Waals surface area contributed by atoms with Gasteiger partial charge in [0.05, 0.1) is 32.4 Å². The molecule has 0 unspecified atom stereocenters. The van der Waals surface area contributed by atoms with E-state index in [2.05, 4.69) is 10.2 Å². The summed E-state index contributed by atoms with van der Waals surface area (Å²) < 4.78 is 16.5. The molecular formula is C23H33N3O5. The van der Waals surface area contributed by atoms with E-state index in [0.717, 1.165) is 25.9 Å². The van der Waals surface area contributed by atoms with Gasteiger partial charge in [-0.3, -0.25) is 9.80 Å². The SMILES string of the molecule is CCOC(=O)C1=C(CN2CCCCC2)N(CC)C(=O)N[C@@H]1c1cccc(OC)c1OC. The molecule has 170 valence electrons. The van der Waals surface area contributed by atoms with Crippen LogP contribution in [0.3, 0.4) is 0 Å². The molecule has 8 nitrogen and oxygen atoms in total. The number of nitrogens with one attached hydrogen (secondary N) is 1. The first-order valence-electron chi connectivity index (χ1n) is 11.0. The van der Waals surface area contributed by atoms with Crippen LogP contribution in [0.1, 0.15) is 44.7 Å². The Labute approximate surface area is 184 Å². The van der Waals surface area contributed by atoms with Crippen molar-refractivity contribution in [2.24, 2.45) is 0 Å². The van der Waals surface area contributed by atoms with Crippen LogP contribution in [0.15, 0.2) is 29.5 Å². The average molecular weight is 432 g/mol. The summed E-state index contributed by atoms with van der Waals surface area (Å²) in [7, 11) is 3.11. The fourth-order valence-electron chi connectivity index (χ4n) is 4.36. The highest BCUT2D eigenvalue weighted by atomic mass is 16.5. The minimum absolute atomic E-state index is 0.238. The largest absolute Gasteiger partial charge is 0.493 e. The monoisotopic (exact) mass is 431 g/mol. The predicted octanol–water partition coefficient (Wildman–Crippen LogP) is 3.09. The van der Waals surface area contributed by atoms with Crippen LogP contribution in [0.4, 0.5) is 4.79 Å². The minimum atomic E-state index is -0.695. The van der Waals surface area contributed by atoms with Crippen LogP contribution in [0, 0.1) is 0 Å². The second-order valence-corrected chi connectivity index (χ2v) is 7.63. The Morgan fingerprint density at radius 2 is 1.87 bits per heavy atom. The summed E-state index contributed by atoms with van der Waals surface area (Å²) in [6.07, 6.45) is 3.45. The molecule has 1 aromatic carbocycles. The highest BCUT2D eigenvalue weighted by Gasteiger charge is 2.39. The number of hydrogen-bond donors (Lipinski definition) is 1. The van der Waals surface area contributed by atoms with E-state index in [1.54, 1.807) is 32.1 Å². The number of esters is 1. The Morgan fingerprint density at radius 3 is 2.48 bits per heavy atom. The van der Waals surface area contributed by atoms with Crippen LogP contribution in [-0.4, -0.2) is 68.8 Å². The predicted molar refractivity (Wildman–Crippen MR) is 117 cm³/mol. The van der Waals surface area contributed by atoms with E-state index >= 15 is 0 Å². The van der Waals surface area contributed by atoms with Gasteiger partial charge in [-0.25, -0.2) is 9.59 Å². The zero-order valence-electron chi connectivity index (χ0n) is 18.9. The summed E-state index contributed by atoms with van der Waals surface area (Å²) in [4.78, 5) is 30.2. The van der Waals surface area contributed by atoms with Gasteiger partial charge >= 0.3 is 12.0 Å². The first kappa shape index (κ1) is 22.9. The molecule has 8 heteroatoms. The lowest BCUT2D eigenvalue weighted by Gasteiger charge is -2.39. The third-order valence-electron chi connectivity index (χ3n) is 5.82. The van der Waals surface area contributed by atoms with Crippen LogP contribution in [0.2, 0.25) is 0 Å². The first-order chi connectivity index (χ1) is 15.0. The maximum absolute atomic E-state index is 13.2. The highest BCUT2D eigenvalue weighted by Crippen LogP contribution is 2.40. The van der Waals surface area contributed by atoms with Crippen LogP contribution in [0.5, 0.6) is 11.5 Å². The number of carbonyl (C=O) groups excluding carboxylic acids is 2. The van der Waals surface area contributed by atoms with E-state index in [1.165, 1.54) is 6.42 Å². The van der Waals surface area contributed by atoms with Crippen molar-refractivity contribution in [2.75, 3.05) is 47.0 Å². The molecule has 2 aliphatic rings. The number of methoxy groups -OCH3 is 2. The Kier molecular flexibility index (Phi) is 7.79. The summed E-state index contributed by atoms with van der Waals surface area (Å²) in [5.74, 6) is 0.593. The third kappa shape index (κ3) is 4.79. The number of hydrogen-bond acceptors (Lipinski definition) is 6. The topological polar surface area (TPSA) is 80.3 Å². The van der Waals surface area contributed by atoms with Gasteiger partial charge in [0.1, 0.15) is 0 Å². The molecule has 1 saturated heterocycles. The van der Waals surface area contributed by atoms with Crippen molar-refractivity contribution in [1.29, 1.82) is 0 Å². The van der Waals surface area contributed by atoms with Crippen LogP contribution < -0.4 is 14.8 Å². The number of piperidine rings is 1. The number of para-hydroxylation sites is 1. The fourth-order valence-corrected chi connectivity index (χ4v) is 4.36. The van der Waals surface area contributed by atoms with E-state index in [-0.39, 0.29) is 12.6 Å². The van der Waals surface area contributed by atoms with Crippen molar-refractivity contribution in [3.63, 3.8) is 0 Å². The third-order valence-corrected chi connectivity index (χ3v) is 5.82. The van der Waals surface area contributed by atoms with Crippen LogP contribution in [0.25, 0.3) is 0 Å². The molecule has 1 aromatic rings. The lowest BCUT2D eigenvalue weighted by atomic mass is 9.93. The summed E-state index contributed by atoms with van der Waals surface area (Å²) in [6, 6.07) is 4.51. The number of nitrogens with zero attached hydrogens (tertiary/aromatic N) is 2. The van der Waals surface area contributed by atoms with Crippen molar-refractivity contribution in [3.05, 3.63) is 35.0 Å². The van der Waals surface area contributed by atoms with Crippen LogP contribution >= 0.6 is 0 Å². The maximum Gasteiger partial charge on any atom is 0.338 e. The summed E-state index contributed by atoms with van der Waals surface area (Å²) >= 11 is 0. The molecule has 0 saturated carbocycles. The van der Waals surface area contributed by atoms with Crippen LogP contribution in [-0.2, 0) is 9.53 Å². The number of urea groups is 1. The molecule has 0 aliphatic carbocycles. The molecule has 1 atom stereocenters. The minimum Gasteiger partial charge on any atom is -0.493 e. The van der Waals surface area contributed by atoms with Gasteiger partial charge in [0.2, 0.25) is 0 Å². The second kappa shape index (κ2) is 10.5. The summed E-state index contributed by atoms with van der Waals surface area (Å²) in [5.41, 5.74) is 1.80. The van der Waals surface area contributed by atoms with Crippen molar-refractivity contribution in [3.8, 4) is 11.5 Å². The van der Waals surface area contributed by atoms with Crippen molar-refractivity contribution in [2.45, 2.75) is 39.2 Å². The number of carbonyl (C=O) groups is 2. The Bertz CT molecular complexity index is 833. The number of ether oxygens (including phenoxy) is 3. The Balaban J connectivity index is 2.15. The quantitative estimate of drug-likeness (QED) is 0.637. The van der Waals surface area contributed by atoms with Crippen molar-refractivity contribution < 1.29 is 23.8 Å². The number of rotatable bonds is 8.